The average Bonchev–Trinajstić information content (AvgIpc) is 2.35. The van der Waals surface area contributed by atoms with E-state index in [4.69, 9.17) is 10.5 Å². The first kappa shape index (κ1) is 15.5. The van der Waals surface area contributed by atoms with Crippen LogP contribution in [0.1, 0.15) is 19.4 Å². The summed E-state index contributed by atoms with van der Waals surface area (Å²) < 4.78 is 5.50. The Morgan fingerprint density at radius 1 is 1.42 bits per heavy atom. The van der Waals surface area contributed by atoms with Crippen LogP contribution in [0.4, 0.5) is 0 Å². The van der Waals surface area contributed by atoms with E-state index in [0.717, 1.165) is 11.3 Å². The third kappa shape index (κ3) is 5.30. The minimum absolute atomic E-state index is 0.0389. The fourth-order valence-corrected chi connectivity index (χ4v) is 1.76. The van der Waals surface area contributed by atoms with Gasteiger partial charge in [-0.25, -0.2) is 0 Å². The van der Waals surface area contributed by atoms with Crippen molar-refractivity contribution in [2.75, 3.05) is 26.7 Å². The van der Waals surface area contributed by atoms with E-state index in [-0.39, 0.29) is 17.9 Å². The zero-order chi connectivity index (χ0) is 14.5. The Morgan fingerprint density at radius 3 is 2.68 bits per heavy atom. The molecule has 106 valence electrons. The standard InChI is InChI=1S/C15H24N2O2/c1-12-6-5-7-13(8-12)19-9-14(18)17(4)11-15(2,3)10-16/h5-8H,9-11,16H2,1-4H3. The number of benzene rings is 1. The number of amides is 1. The number of hydrogen-bond donors (Lipinski definition) is 1. The largest absolute Gasteiger partial charge is 0.484 e. The van der Waals surface area contributed by atoms with E-state index in [1.165, 1.54) is 0 Å². The smallest absolute Gasteiger partial charge is 0.260 e. The fraction of sp³-hybridized carbons (Fsp3) is 0.533. The van der Waals surface area contributed by atoms with Crippen LogP contribution in [-0.4, -0.2) is 37.6 Å². The second-order valence-electron chi connectivity index (χ2n) is 5.72. The molecule has 1 amide bonds. The number of hydrogen-bond acceptors (Lipinski definition) is 3. The molecule has 0 atom stereocenters. The van der Waals surface area contributed by atoms with Gasteiger partial charge in [-0.15, -0.1) is 0 Å². The van der Waals surface area contributed by atoms with Crippen molar-refractivity contribution in [1.82, 2.24) is 4.90 Å². The molecule has 0 saturated carbocycles. The predicted octanol–water partition coefficient (Wildman–Crippen LogP) is 1.82. The molecule has 0 spiro atoms. The highest BCUT2D eigenvalue weighted by atomic mass is 16.5. The molecule has 4 nitrogen and oxygen atoms in total. The number of ether oxygens (including phenoxy) is 1. The average molecular weight is 264 g/mol. The lowest BCUT2D eigenvalue weighted by Gasteiger charge is -2.29. The summed E-state index contributed by atoms with van der Waals surface area (Å²) in [4.78, 5) is 13.6. The molecule has 0 saturated heterocycles. The molecule has 0 aliphatic heterocycles. The van der Waals surface area contributed by atoms with Gasteiger partial charge in [0.05, 0.1) is 0 Å². The molecule has 1 aromatic carbocycles. The first-order valence-corrected chi connectivity index (χ1v) is 6.47. The number of nitrogens with two attached hydrogens (primary N) is 1. The van der Waals surface area contributed by atoms with Crippen LogP contribution in [0.25, 0.3) is 0 Å². The molecule has 0 bridgehead atoms. The summed E-state index contributed by atoms with van der Waals surface area (Å²) in [5.41, 5.74) is 6.71. The van der Waals surface area contributed by atoms with Gasteiger partial charge >= 0.3 is 0 Å². The van der Waals surface area contributed by atoms with Gasteiger partial charge in [0.1, 0.15) is 5.75 Å². The Labute approximate surface area is 115 Å². The van der Waals surface area contributed by atoms with Crippen LogP contribution in [0.15, 0.2) is 24.3 Å². The molecular formula is C15H24N2O2. The molecule has 0 unspecified atom stereocenters. The van der Waals surface area contributed by atoms with E-state index in [2.05, 4.69) is 0 Å². The van der Waals surface area contributed by atoms with Gasteiger partial charge in [0.2, 0.25) is 0 Å². The van der Waals surface area contributed by atoms with Crippen LogP contribution in [0, 0.1) is 12.3 Å². The minimum Gasteiger partial charge on any atom is -0.484 e. The van der Waals surface area contributed by atoms with Crippen LogP contribution in [0.2, 0.25) is 0 Å². The Hall–Kier alpha value is -1.55. The lowest BCUT2D eigenvalue weighted by molar-refractivity contribution is -0.133. The van der Waals surface area contributed by atoms with Crippen molar-refractivity contribution in [3.05, 3.63) is 29.8 Å². The summed E-state index contributed by atoms with van der Waals surface area (Å²) in [5, 5.41) is 0. The summed E-state index contributed by atoms with van der Waals surface area (Å²) in [5.74, 6) is 0.683. The highest BCUT2D eigenvalue weighted by molar-refractivity contribution is 5.77. The zero-order valence-electron chi connectivity index (χ0n) is 12.3. The van der Waals surface area contributed by atoms with Gasteiger partial charge < -0.3 is 15.4 Å². The summed E-state index contributed by atoms with van der Waals surface area (Å²) in [6.45, 7) is 7.30. The number of carbonyl (C=O) groups excluding carboxylic acids is 1. The van der Waals surface area contributed by atoms with Crippen LogP contribution < -0.4 is 10.5 Å². The summed E-state index contributed by atoms with van der Waals surface area (Å²) in [6, 6.07) is 7.67. The minimum atomic E-state index is -0.0756. The van der Waals surface area contributed by atoms with Gasteiger partial charge in [-0.2, -0.15) is 0 Å². The topological polar surface area (TPSA) is 55.6 Å². The molecule has 2 N–H and O–H groups in total. The molecule has 0 aliphatic rings. The van der Waals surface area contributed by atoms with E-state index in [9.17, 15) is 4.79 Å². The molecule has 0 radical (unpaired) electrons. The number of nitrogens with zero attached hydrogens (tertiary/aromatic N) is 1. The summed E-state index contributed by atoms with van der Waals surface area (Å²) in [6.07, 6.45) is 0. The Kier molecular flexibility index (Phi) is 5.36. The number of likely N-dealkylation sites (N-methyl/N-ethyl adjacent to an activating group) is 1. The number of carbonyl (C=O) groups is 1. The zero-order valence-corrected chi connectivity index (χ0v) is 12.3. The Balaban J connectivity index is 2.47. The molecule has 1 rings (SSSR count). The van der Waals surface area contributed by atoms with Crippen LogP contribution >= 0.6 is 0 Å². The van der Waals surface area contributed by atoms with E-state index >= 15 is 0 Å². The van der Waals surface area contributed by atoms with Crippen molar-refractivity contribution in [3.8, 4) is 5.75 Å². The Bertz CT molecular complexity index is 430. The van der Waals surface area contributed by atoms with Crippen molar-refractivity contribution < 1.29 is 9.53 Å². The SMILES string of the molecule is Cc1cccc(OCC(=O)N(C)CC(C)(C)CN)c1. The molecule has 0 aliphatic carbocycles. The number of rotatable bonds is 6. The number of aryl methyl sites for hydroxylation is 1. The first-order chi connectivity index (χ1) is 8.84. The van der Waals surface area contributed by atoms with Gasteiger partial charge in [0.15, 0.2) is 6.61 Å². The maximum Gasteiger partial charge on any atom is 0.260 e. The van der Waals surface area contributed by atoms with Gasteiger partial charge in [-0.05, 0) is 36.6 Å². The fourth-order valence-electron chi connectivity index (χ4n) is 1.76. The quantitative estimate of drug-likeness (QED) is 0.852. The van der Waals surface area contributed by atoms with Gasteiger partial charge in [-0.1, -0.05) is 26.0 Å². The molecule has 1 aromatic rings. The molecule has 0 heterocycles. The van der Waals surface area contributed by atoms with Gasteiger partial charge in [0, 0.05) is 13.6 Å². The van der Waals surface area contributed by atoms with Crippen LogP contribution in [0.5, 0.6) is 5.75 Å². The van der Waals surface area contributed by atoms with Crippen molar-refractivity contribution in [2.45, 2.75) is 20.8 Å². The maximum absolute atomic E-state index is 12.0. The lowest BCUT2D eigenvalue weighted by atomic mass is 9.93. The molecule has 19 heavy (non-hydrogen) atoms. The van der Waals surface area contributed by atoms with Gasteiger partial charge in [-0.3, -0.25) is 4.79 Å². The van der Waals surface area contributed by atoms with Crippen molar-refractivity contribution in [1.29, 1.82) is 0 Å². The van der Waals surface area contributed by atoms with Crippen LogP contribution in [-0.2, 0) is 4.79 Å². The lowest BCUT2D eigenvalue weighted by Crippen LogP contribution is -2.41. The highest BCUT2D eigenvalue weighted by Crippen LogP contribution is 2.15. The van der Waals surface area contributed by atoms with E-state index < -0.39 is 0 Å². The monoisotopic (exact) mass is 264 g/mol. The van der Waals surface area contributed by atoms with E-state index in [1.807, 2.05) is 45.0 Å². The van der Waals surface area contributed by atoms with E-state index in [1.54, 1.807) is 11.9 Å². The normalized spacial score (nSPS) is 11.2. The second kappa shape index (κ2) is 6.57. The van der Waals surface area contributed by atoms with Crippen molar-refractivity contribution in [3.63, 3.8) is 0 Å². The Morgan fingerprint density at radius 2 is 2.11 bits per heavy atom. The summed E-state index contributed by atoms with van der Waals surface area (Å²) in [7, 11) is 1.78. The van der Waals surface area contributed by atoms with Crippen molar-refractivity contribution >= 4 is 5.91 Å². The third-order valence-corrected chi connectivity index (χ3v) is 3.00. The maximum atomic E-state index is 12.0. The van der Waals surface area contributed by atoms with E-state index in [0.29, 0.717) is 13.1 Å². The third-order valence-electron chi connectivity index (χ3n) is 3.00. The molecule has 0 aromatic heterocycles. The van der Waals surface area contributed by atoms with Gasteiger partial charge in [0.25, 0.3) is 5.91 Å². The molecule has 0 fully saturated rings. The first-order valence-electron chi connectivity index (χ1n) is 6.47. The summed E-state index contributed by atoms with van der Waals surface area (Å²) >= 11 is 0. The molecule has 4 heteroatoms. The van der Waals surface area contributed by atoms with Crippen molar-refractivity contribution in [2.24, 2.45) is 11.1 Å². The molecular weight excluding hydrogens is 240 g/mol. The second-order valence-corrected chi connectivity index (χ2v) is 5.72. The highest BCUT2D eigenvalue weighted by Gasteiger charge is 2.21. The predicted molar refractivity (Wildman–Crippen MR) is 77.1 cm³/mol. The van der Waals surface area contributed by atoms with Crippen LogP contribution in [0.3, 0.4) is 0 Å².